The lowest BCUT2D eigenvalue weighted by atomic mass is 10.2. The van der Waals surface area contributed by atoms with Gasteiger partial charge in [-0.2, -0.15) is 0 Å². The Hall–Kier alpha value is -0.530. The number of carbonyl (C=O) groups is 1. The van der Waals surface area contributed by atoms with E-state index in [1.54, 1.807) is 19.0 Å². The lowest BCUT2D eigenvalue weighted by Gasteiger charge is -2.17. The van der Waals surface area contributed by atoms with E-state index in [-0.39, 0.29) is 36.4 Å². The van der Waals surface area contributed by atoms with Crippen LogP contribution < -0.4 is 10.6 Å². The van der Waals surface area contributed by atoms with Crippen LogP contribution in [0, 0.1) is 5.92 Å². The number of nitrogens with zero attached hydrogens (tertiary/aromatic N) is 2. The van der Waals surface area contributed by atoms with Crippen molar-refractivity contribution in [2.24, 2.45) is 10.9 Å². The third kappa shape index (κ3) is 5.46. The first kappa shape index (κ1) is 17.5. The van der Waals surface area contributed by atoms with Crippen LogP contribution in [-0.4, -0.2) is 49.5 Å². The summed E-state index contributed by atoms with van der Waals surface area (Å²) >= 11 is 0. The molecule has 2 saturated carbocycles. The fourth-order valence-corrected chi connectivity index (χ4v) is 2.38. The van der Waals surface area contributed by atoms with Crippen molar-refractivity contribution >= 4 is 35.8 Å². The van der Waals surface area contributed by atoms with E-state index in [0.29, 0.717) is 12.1 Å². The molecule has 0 saturated heterocycles. The highest BCUT2D eigenvalue weighted by atomic mass is 127. The maximum Gasteiger partial charge on any atom is 0.243 e. The van der Waals surface area contributed by atoms with Gasteiger partial charge in [-0.1, -0.05) is 19.8 Å². The molecule has 2 unspecified atom stereocenters. The van der Waals surface area contributed by atoms with Gasteiger partial charge in [0.2, 0.25) is 5.91 Å². The van der Waals surface area contributed by atoms with Crippen LogP contribution in [0.3, 0.4) is 0 Å². The molecule has 2 aliphatic carbocycles. The number of aliphatic imine (C=N–C) groups is 1. The Morgan fingerprint density at radius 3 is 2.35 bits per heavy atom. The molecule has 0 bridgehead atoms. The standard InChI is InChI=1S/C14H26N4O.HI/c1-10-8-12(10)17-14(15-9-13(19)18(2)3)16-11-6-4-5-7-11;/h10-12H,4-9H2,1-3H3,(H2,15,16,17);1H. The van der Waals surface area contributed by atoms with E-state index < -0.39 is 0 Å². The zero-order chi connectivity index (χ0) is 13.8. The number of likely N-dealkylation sites (N-methyl/N-ethyl adjacent to an activating group) is 1. The number of guanidine groups is 1. The number of hydrogen-bond acceptors (Lipinski definition) is 2. The summed E-state index contributed by atoms with van der Waals surface area (Å²) in [5.74, 6) is 1.58. The summed E-state index contributed by atoms with van der Waals surface area (Å²) in [5.41, 5.74) is 0. The van der Waals surface area contributed by atoms with Gasteiger partial charge in [-0.3, -0.25) is 4.79 Å². The molecule has 2 rings (SSSR count). The molecule has 0 aromatic rings. The molecular formula is C14H27IN4O. The van der Waals surface area contributed by atoms with Gasteiger partial charge in [0.15, 0.2) is 5.96 Å². The topological polar surface area (TPSA) is 56.7 Å². The lowest BCUT2D eigenvalue weighted by Crippen LogP contribution is -2.44. The molecule has 1 amide bonds. The highest BCUT2D eigenvalue weighted by Gasteiger charge is 2.33. The van der Waals surface area contributed by atoms with Crippen LogP contribution in [0.1, 0.15) is 39.0 Å². The first-order chi connectivity index (χ1) is 9.06. The van der Waals surface area contributed by atoms with Crippen molar-refractivity contribution in [3.8, 4) is 0 Å². The van der Waals surface area contributed by atoms with Crippen molar-refractivity contribution in [2.45, 2.75) is 51.1 Å². The smallest absolute Gasteiger partial charge is 0.243 e. The van der Waals surface area contributed by atoms with E-state index in [9.17, 15) is 4.79 Å². The van der Waals surface area contributed by atoms with Gasteiger partial charge in [0.05, 0.1) is 0 Å². The van der Waals surface area contributed by atoms with Gasteiger partial charge >= 0.3 is 0 Å². The molecule has 0 heterocycles. The summed E-state index contributed by atoms with van der Waals surface area (Å²) < 4.78 is 0. The Balaban J connectivity index is 0.00000200. The first-order valence-corrected chi connectivity index (χ1v) is 7.34. The quantitative estimate of drug-likeness (QED) is 0.433. The Bertz CT molecular complexity index is 353. The normalized spacial score (nSPS) is 25.9. The van der Waals surface area contributed by atoms with Crippen LogP contribution in [0.2, 0.25) is 0 Å². The minimum absolute atomic E-state index is 0. The molecule has 2 fully saturated rings. The molecule has 0 radical (unpaired) electrons. The van der Waals surface area contributed by atoms with Gasteiger partial charge in [-0.15, -0.1) is 24.0 Å². The molecule has 0 spiro atoms. The molecule has 0 aromatic carbocycles. The van der Waals surface area contributed by atoms with Gasteiger partial charge in [0.25, 0.3) is 0 Å². The van der Waals surface area contributed by atoms with Crippen molar-refractivity contribution in [3.05, 3.63) is 0 Å². The number of halogens is 1. The molecule has 0 aromatic heterocycles. The Labute approximate surface area is 139 Å². The molecule has 6 heteroatoms. The number of hydrogen-bond donors (Lipinski definition) is 2. The average Bonchev–Trinajstić information content (AvgIpc) is 2.85. The van der Waals surface area contributed by atoms with Gasteiger partial charge in [0, 0.05) is 26.2 Å². The van der Waals surface area contributed by atoms with Crippen molar-refractivity contribution in [1.82, 2.24) is 15.5 Å². The van der Waals surface area contributed by atoms with Crippen LogP contribution in [0.25, 0.3) is 0 Å². The largest absolute Gasteiger partial charge is 0.354 e. The van der Waals surface area contributed by atoms with E-state index in [1.165, 1.54) is 32.1 Å². The van der Waals surface area contributed by atoms with E-state index in [1.807, 2.05) is 0 Å². The SMILES string of the molecule is CC1CC1NC(=NCC(=O)N(C)C)NC1CCCC1.I. The summed E-state index contributed by atoms with van der Waals surface area (Å²) in [6, 6.07) is 1.05. The summed E-state index contributed by atoms with van der Waals surface area (Å²) in [7, 11) is 3.52. The van der Waals surface area contributed by atoms with E-state index in [2.05, 4.69) is 22.5 Å². The minimum atomic E-state index is 0. The predicted molar refractivity (Wildman–Crippen MR) is 92.5 cm³/mol. The number of carbonyl (C=O) groups excluding carboxylic acids is 1. The second-order valence-corrected chi connectivity index (χ2v) is 6.04. The minimum Gasteiger partial charge on any atom is -0.354 e. The molecule has 2 atom stereocenters. The van der Waals surface area contributed by atoms with Gasteiger partial charge in [-0.25, -0.2) is 4.99 Å². The monoisotopic (exact) mass is 394 g/mol. The van der Waals surface area contributed by atoms with E-state index in [4.69, 9.17) is 0 Å². The van der Waals surface area contributed by atoms with Crippen LogP contribution in [0.5, 0.6) is 0 Å². The number of amides is 1. The summed E-state index contributed by atoms with van der Waals surface area (Å²) in [4.78, 5) is 17.6. The highest BCUT2D eigenvalue weighted by molar-refractivity contribution is 14.0. The van der Waals surface area contributed by atoms with Crippen LogP contribution >= 0.6 is 24.0 Å². The molecule has 2 aliphatic rings. The average molecular weight is 394 g/mol. The van der Waals surface area contributed by atoms with Crippen LogP contribution in [-0.2, 0) is 4.79 Å². The van der Waals surface area contributed by atoms with Gasteiger partial charge in [-0.05, 0) is 25.2 Å². The molecule has 0 aliphatic heterocycles. The van der Waals surface area contributed by atoms with Crippen LogP contribution in [0.15, 0.2) is 4.99 Å². The zero-order valence-electron chi connectivity index (χ0n) is 12.7. The third-order valence-corrected chi connectivity index (χ3v) is 4.00. The molecule has 116 valence electrons. The van der Waals surface area contributed by atoms with E-state index >= 15 is 0 Å². The summed E-state index contributed by atoms with van der Waals surface area (Å²) in [6.45, 7) is 2.45. The van der Waals surface area contributed by atoms with Crippen molar-refractivity contribution in [3.63, 3.8) is 0 Å². The van der Waals surface area contributed by atoms with Gasteiger partial charge in [0.1, 0.15) is 6.54 Å². The third-order valence-electron chi connectivity index (χ3n) is 4.00. The Morgan fingerprint density at radius 1 is 1.25 bits per heavy atom. The molecule has 20 heavy (non-hydrogen) atoms. The first-order valence-electron chi connectivity index (χ1n) is 7.34. The van der Waals surface area contributed by atoms with Gasteiger partial charge < -0.3 is 15.5 Å². The maximum absolute atomic E-state index is 11.6. The highest BCUT2D eigenvalue weighted by Crippen LogP contribution is 2.29. The Kier molecular flexibility index (Phi) is 7.05. The number of nitrogens with one attached hydrogen (secondary N) is 2. The lowest BCUT2D eigenvalue weighted by molar-refractivity contribution is -0.127. The summed E-state index contributed by atoms with van der Waals surface area (Å²) in [5, 5.41) is 6.90. The summed E-state index contributed by atoms with van der Waals surface area (Å²) in [6.07, 6.45) is 6.21. The second kappa shape index (κ2) is 8.05. The van der Waals surface area contributed by atoms with Crippen LogP contribution in [0.4, 0.5) is 0 Å². The zero-order valence-corrected chi connectivity index (χ0v) is 15.0. The van der Waals surface area contributed by atoms with Crippen molar-refractivity contribution in [2.75, 3.05) is 20.6 Å². The van der Waals surface area contributed by atoms with E-state index in [0.717, 1.165) is 11.9 Å². The maximum atomic E-state index is 11.6. The second-order valence-electron chi connectivity index (χ2n) is 6.04. The fourth-order valence-electron chi connectivity index (χ4n) is 2.38. The van der Waals surface area contributed by atoms with Crippen molar-refractivity contribution in [1.29, 1.82) is 0 Å². The predicted octanol–water partition coefficient (Wildman–Crippen LogP) is 1.58. The number of rotatable bonds is 4. The van der Waals surface area contributed by atoms with Crippen molar-refractivity contribution < 1.29 is 4.79 Å². The Morgan fingerprint density at radius 2 is 1.85 bits per heavy atom. The molecule has 2 N–H and O–H groups in total. The molecular weight excluding hydrogens is 367 g/mol. The fraction of sp³-hybridized carbons (Fsp3) is 0.857. The molecule has 5 nitrogen and oxygen atoms in total.